The molecule has 0 aromatic heterocycles. The van der Waals surface area contributed by atoms with Gasteiger partial charge in [0.05, 0.1) is 10.7 Å². The number of hydrogen-bond acceptors (Lipinski definition) is 1. The Bertz CT molecular complexity index is 371. The molecule has 0 heterocycles. The standard InChI is InChI=1S/C8H6ClN3O/c9-6-3-1-2-4-7(6)12-8(13)5-11-10/h1-5H,(H,12,13). The van der Waals surface area contributed by atoms with Crippen LogP contribution < -0.4 is 5.32 Å². The van der Waals surface area contributed by atoms with Crippen LogP contribution in [0.5, 0.6) is 0 Å². The van der Waals surface area contributed by atoms with E-state index in [0.717, 1.165) is 6.21 Å². The maximum atomic E-state index is 10.9. The van der Waals surface area contributed by atoms with E-state index in [2.05, 4.69) is 10.1 Å². The number of nitrogens with one attached hydrogen (secondary N) is 1. The van der Waals surface area contributed by atoms with E-state index in [4.69, 9.17) is 17.1 Å². The van der Waals surface area contributed by atoms with E-state index in [1.807, 2.05) is 0 Å². The molecule has 66 valence electrons. The molecule has 0 radical (unpaired) electrons. The first kappa shape index (κ1) is 9.45. The van der Waals surface area contributed by atoms with Crippen LogP contribution in [0.4, 0.5) is 5.69 Å². The van der Waals surface area contributed by atoms with Crippen LogP contribution in [0.3, 0.4) is 0 Å². The average molecular weight is 196 g/mol. The zero-order valence-corrected chi connectivity index (χ0v) is 7.32. The van der Waals surface area contributed by atoms with Gasteiger partial charge in [-0.2, -0.15) is 4.79 Å². The molecule has 0 saturated heterocycles. The monoisotopic (exact) mass is 195 g/mol. The SMILES string of the molecule is [N-]=[N+]=CC(=O)Nc1ccccc1Cl. The number of hydrogen-bond donors (Lipinski definition) is 1. The summed E-state index contributed by atoms with van der Waals surface area (Å²) in [4.78, 5) is 13.5. The van der Waals surface area contributed by atoms with Gasteiger partial charge < -0.3 is 10.8 Å². The van der Waals surface area contributed by atoms with Gasteiger partial charge in [0.25, 0.3) is 0 Å². The van der Waals surface area contributed by atoms with Crippen LogP contribution in [0, 0.1) is 0 Å². The molecule has 0 saturated carbocycles. The molecule has 1 aromatic carbocycles. The molecule has 4 nitrogen and oxygen atoms in total. The van der Waals surface area contributed by atoms with Crippen molar-refractivity contribution in [3.05, 3.63) is 34.8 Å². The van der Waals surface area contributed by atoms with Crippen LogP contribution in [-0.4, -0.2) is 16.9 Å². The molecule has 0 atom stereocenters. The van der Waals surface area contributed by atoms with Crippen LogP contribution in [0.2, 0.25) is 5.02 Å². The topological polar surface area (TPSA) is 65.5 Å². The van der Waals surface area contributed by atoms with Crippen molar-refractivity contribution in [3.63, 3.8) is 0 Å². The van der Waals surface area contributed by atoms with Gasteiger partial charge in [-0.1, -0.05) is 23.7 Å². The summed E-state index contributed by atoms with van der Waals surface area (Å²) in [5, 5.41) is 2.86. The lowest BCUT2D eigenvalue weighted by Gasteiger charge is -2.00. The Kier molecular flexibility index (Phi) is 3.20. The highest BCUT2D eigenvalue weighted by Crippen LogP contribution is 2.19. The summed E-state index contributed by atoms with van der Waals surface area (Å²) in [6.45, 7) is 0. The summed E-state index contributed by atoms with van der Waals surface area (Å²) < 4.78 is 0. The molecule has 0 spiro atoms. The fourth-order valence-electron chi connectivity index (χ4n) is 0.780. The predicted molar refractivity (Wildman–Crippen MR) is 49.8 cm³/mol. The smallest absolute Gasteiger partial charge is 0.344 e. The van der Waals surface area contributed by atoms with Crippen molar-refractivity contribution >= 4 is 29.4 Å². The van der Waals surface area contributed by atoms with Crippen molar-refractivity contribution in [2.75, 3.05) is 5.32 Å². The molecule has 1 N–H and O–H groups in total. The molecule has 1 rings (SSSR count). The lowest BCUT2D eigenvalue weighted by molar-refractivity contribution is -0.113. The summed E-state index contributed by atoms with van der Waals surface area (Å²) in [5.41, 5.74) is 8.54. The number of rotatable bonds is 2. The van der Waals surface area contributed by atoms with Crippen LogP contribution in [0.15, 0.2) is 24.3 Å². The second-order valence-corrected chi connectivity index (χ2v) is 2.62. The van der Waals surface area contributed by atoms with E-state index >= 15 is 0 Å². The number of halogens is 1. The van der Waals surface area contributed by atoms with Gasteiger partial charge in [-0.05, 0) is 12.1 Å². The molecule has 0 fully saturated rings. The minimum Gasteiger partial charge on any atom is -0.361 e. The van der Waals surface area contributed by atoms with Gasteiger partial charge in [0.15, 0.2) is 0 Å². The first-order valence-corrected chi connectivity index (χ1v) is 3.85. The Balaban J connectivity index is 2.80. The lowest BCUT2D eigenvalue weighted by Crippen LogP contribution is -2.13. The summed E-state index contributed by atoms with van der Waals surface area (Å²) in [6.07, 6.45) is 0.753. The fraction of sp³-hybridized carbons (Fsp3) is 0. The zero-order chi connectivity index (χ0) is 9.68. The fourth-order valence-corrected chi connectivity index (χ4v) is 0.963. The maximum Gasteiger partial charge on any atom is 0.344 e. The molecule has 0 aliphatic heterocycles. The van der Waals surface area contributed by atoms with E-state index < -0.39 is 5.91 Å². The molecule has 0 bridgehead atoms. The van der Waals surface area contributed by atoms with Crippen LogP contribution in [0.25, 0.3) is 5.53 Å². The quantitative estimate of drug-likeness (QED) is 0.435. The Morgan fingerprint density at radius 3 is 2.85 bits per heavy atom. The van der Waals surface area contributed by atoms with Gasteiger partial charge in [-0.25, -0.2) is 0 Å². The van der Waals surface area contributed by atoms with Crippen molar-refractivity contribution in [1.82, 2.24) is 0 Å². The Morgan fingerprint density at radius 1 is 1.54 bits per heavy atom. The summed E-state index contributed by atoms with van der Waals surface area (Å²) in [5.74, 6) is -0.532. The highest BCUT2D eigenvalue weighted by Gasteiger charge is 2.04. The lowest BCUT2D eigenvalue weighted by atomic mass is 10.3. The number of benzene rings is 1. The number of amides is 1. The van der Waals surface area contributed by atoms with Gasteiger partial charge in [-0.3, -0.25) is 4.79 Å². The third-order valence-electron chi connectivity index (χ3n) is 1.31. The van der Waals surface area contributed by atoms with E-state index in [9.17, 15) is 4.79 Å². The zero-order valence-electron chi connectivity index (χ0n) is 6.57. The summed E-state index contributed by atoms with van der Waals surface area (Å²) >= 11 is 5.75. The van der Waals surface area contributed by atoms with Crippen molar-refractivity contribution in [2.24, 2.45) is 0 Å². The molecule has 5 heteroatoms. The van der Waals surface area contributed by atoms with E-state index in [-0.39, 0.29) is 0 Å². The van der Waals surface area contributed by atoms with Crippen molar-refractivity contribution < 1.29 is 9.58 Å². The van der Waals surface area contributed by atoms with Crippen molar-refractivity contribution in [1.29, 1.82) is 0 Å². The second kappa shape index (κ2) is 4.40. The van der Waals surface area contributed by atoms with E-state index in [1.165, 1.54) is 0 Å². The Hall–Kier alpha value is -1.64. The third kappa shape index (κ3) is 2.71. The van der Waals surface area contributed by atoms with Crippen LogP contribution in [0.1, 0.15) is 0 Å². The normalized spacial score (nSPS) is 8.69. The number of carbonyl (C=O) groups excluding carboxylic acids is 1. The number of para-hydroxylation sites is 1. The first-order valence-electron chi connectivity index (χ1n) is 3.47. The molecule has 0 aliphatic carbocycles. The van der Waals surface area contributed by atoms with Crippen LogP contribution in [-0.2, 0) is 4.79 Å². The third-order valence-corrected chi connectivity index (χ3v) is 1.64. The minimum atomic E-state index is -0.532. The Morgan fingerprint density at radius 2 is 2.23 bits per heavy atom. The molecule has 1 amide bonds. The van der Waals surface area contributed by atoms with Gasteiger partial charge >= 0.3 is 12.1 Å². The largest absolute Gasteiger partial charge is 0.361 e. The van der Waals surface area contributed by atoms with Gasteiger partial charge in [0, 0.05) is 0 Å². The first-order chi connectivity index (χ1) is 6.24. The minimum absolute atomic E-state index is 0.433. The van der Waals surface area contributed by atoms with E-state index in [1.54, 1.807) is 24.3 Å². The van der Waals surface area contributed by atoms with Gasteiger partial charge in [-0.15, -0.1) is 0 Å². The number of nitrogens with zero attached hydrogens (tertiary/aromatic N) is 2. The Labute approximate surface area is 79.8 Å². The molecule has 0 aliphatic rings. The molecule has 1 aromatic rings. The summed E-state index contributed by atoms with van der Waals surface area (Å²) in [7, 11) is 0. The average Bonchev–Trinajstić information content (AvgIpc) is 2.09. The van der Waals surface area contributed by atoms with Crippen molar-refractivity contribution in [2.45, 2.75) is 0 Å². The maximum absolute atomic E-state index is 10.9. The predicted octanol–water partition coefficient (Wildman–Crippen LogP) is 1.58. The van der Waals surface area contributed by atoms with Crippen molar-refractivity contribution in [3.8, 4) is 0 Å². The number of anilines is 1. The highest BCUT2D eigenvalue weighted by molar-refractivity contribution is 6.36. The van der Waals surface area contributed by atoms with Gasteiger partial charge in [0.1, 0.15) is 0 Å². The molecular formula is C8H6ClN3O. The van der Waals surface area contributed by atoms with Gasteiger partial charge in [0.2, 0.25) is 0 Å². The second-order valence-electron chi connectivity index (χ2n) is 2.21. The van der Waals surface area contributed by atoms with Crippen LogP contribution >= 0.6 is 11.6 Å². The molecule has 13 heavy (non-hydrogen) atoms. The highest BCUT2D eigenvalue weighted by atomic mass is 35.5. The molecular weight excluding hydrogens is 190 g/mol. The number of carbonyl (C=O) groups is 1. The summed E-state index contributed by atoms with van der Waals surface area (Å²) in [6, 6.07) is 6.77. The molecule has 0 unspecified atom stereocenters. The van der Waals surface area contributed by atoms with E-state index in [0.29, 0.717) is 10.7 Å².